The lowest BCUT2D eigenvalue weighted by molar-refractivity contribution is -0.384. The quantitative estimate of drug-likeness (QED) is 0.323. The van der Waals surface area contributed by atoms with Crippen LogP contribution in [0.2, 0.25) is 0 Å². The molecule has 2 aromatic heterocycles. The molecule has 2 aromatic carbocycles. The first-order valence-corrected chi connectivity index (χ1v) is 10.4. The van der Waals surface area contributed by atoms with Crippen molar-refractivity contribution in [2.75, 3.05) is 11.9 Å². The Balaban J connectivity index is 1.38. The molecule has 0 aliphatic heterocycles. The molecule has 0 saturated heterocycles. The number of hydrogen-bond acceptors (Lipinski definition) is 8. The smallest absolute Gasteiger partial charge is 0.419 e. The molecule has 11 heteroatoms. The van der Waals surface area contributed by atoms with Gasteiger partial charge in [-0.25, -0.2) is 9.78 Å². The Bertz CT molecular complexity index is 1340. The number of anilines is 1. The second-order valence-corrected chi connectivity index (χ2v) is 7.69. The standard InChI is InChI=1S/C20H18N4O6S/c1-2-29-13-6-7-14-17(11-13)31-19(21-14)22-18(25)4-3-9-23-15-8-5-12(24(27)28)10-16(15)30-20(23)26/h5-8,10-11H,2-4,9H2,1H3,(H,21,22,25). The molecule has 0 saturated carbocycles. The van der Waals surface area contributed by atoms with Gasteiger partial charge in [0, 0.05) is 19.0 Å². The predicted molar refractivity (Wildman–Crippen MR) is 116 cm³/mol. The van der Waals surface area contributed by atoms with Crippen molar-refractivity contribution in [1.82, 2.24) is 9.55 Å². The third-order valence-corrected chi connectivity index (χ3v) is 5.50. The largest absolute Gasteiger partial charge is 0.494 e. The van der Waals surface area contributed by atoms with Crippen molar-refractivity contribution in [3.05, 3.63) is 57.1 Å². The van der Waals surface area contributed by atoms with E-state index >= 15 is 0 Å². The summed E-state index contributed by atoms with van der Waals surface area (Å²) in [6.45, 7) is 2.72. The maximum atomic E-state index is 12.3. The molecule has 2 heterocycles. The van der Waals surface area contributed by atoms with Crippen LogP contribution in [0.5, 0.6) is 5.75 Å². The second kappa shape index (κ2) is 8.56. The zero-order valence-electron chi connectivity index (χ0n) is 16.5. The van der Waals surface area contributed by atoms with Gasteiger partial charge in [-0.1, -0.05) is 11.3 Å². The molecule has 0 unspecified atom stereocenters. The normalized spacial score (nSPS) is 11.1. The number of nitro groups is 1. The van der Waals surface area contributed by atoms with E-state index in [1.165, 1.54) is 34.1 Å². The van der Waals surface area contributed by atoms with Gasteiger partial charge in [0.25, 0.3) is 5.69 Å². The van der Waals surface area contributed by atoms with Gasteiger partial charge in [-0.3, -0.25) is 19.5 Å². The molecule has 1 N–H and O–H groups in total. The highest BCUT2D eigenvalue weighted by Crippen LogP contribution is 2.29. The Morgan fingerprint density at radius 1 is 1.32 bits per heavy atom. The maximum absolute atomic E-state index is 12.3. The number of nitrogens with one attached hydrogen (secondary N) is 1. The minimum absolute atomic E-state index is 0.143. The molecule has 0 aliphatic rings. The molecular weight excluding hydrogens is 424 g/mol. The molecule has 10 nitrogen and oxygen atoms in total. The van der Waals surface area contributed by atoms with Crippen molar-refractivity contribution in [2.45, 2.75) is 26.3 Å². The average Bonchev–Trinajstić information content (AvgIpc) is 3.27. The summed E-state index contributed by atoms with van der Waals surface area (Å²) in [6, 6.07) is 9.55. The number of aromatic nitrogens is 2. The monoisotopic (exact) mass is 442 g/mol. The molecule has 0 aliphatic carbocycles. The highest BCUT2D eigenvalue weighted by Gasteiger charge is 2.15. The van der Waals surface area contributed by atoms with E-state index < -0.39 is 10.7 Å². The van der Waals surface area contributed by atoms with Crippen LogP contribution in [0.15, 0.2) is 45.6 Å². The molecular formula is C20H18N4O6S. The minimum atomic E-state index is -0.618. The number of benzene rings is 2. The Morgan fingerprint density at radius 3 is 2.94 bits per heavy atom. The summed E-state index contributed by atoms with van der Waals surface area (Å²) in [5.74, 6) is -0.0904. The first-order valence-electron chi connectivity index (χ1n) is 9.55. The third-order valence-electron chi connectivity index (χ3n) is 4.57. The van der Waals surface area contributed by atoms with Crippen molar-refractivity contribution in [1.29, 1.82) is 0 Å². The fourth-order valence-corrected chi connectivity index (χ4v) is 4.09. The van der Waals surface area contributed by atoms with Gasteiger partial charge >= 0.3 is 5.76 Å². The minimum Gasteiger partial charge on any atom is -0.494 e. The summed E-state index contributed by atoms with van der Waals surface area (Å²) in [6.07, 6.45) is 0.558. The fourth-order valence-electron chi connectivity index (χ4n) is 3.17. The van der Waals surface area contributed by atoms with Crippen molar-refractivity contribution in [3.63, 3.8) is 0 Å². The number of nitro benzene ring substituents is 1. The number of carbonyl (C=O) groups is 1. The Hall–Kier alpha value is -3.73. The molecule has 0 spiro atoms. The third kappa shape index (κ3) is 4.40. The number of nitrogens with zero attached hydrogens (tertiary/aromatic N) is 3. The Labute approximate surface area is 179 Å². The summed E-state index contributed by atoms with van der Waals surface area (Å²) in [4.78, 5) is 39.1. The summed E-state index contributed by atoms with van der Waals surface area (Å²) < 4.78 is 12.8. The molecule has 1 amide bonds. The number of carbonyl (C=O) groups excluding carboxylic acids is 1. The van der Waals surface area contributed by atoms with Gasteiger partial charge in [0.15, 0.2) is 10.7 Å². The summed E-state index contributed by atoms with van der Waals surface area (Å²) in [7, 11) is 0. The van der Waals surface area contributed by atoms with Crippen molar-refractivity contribution in [3.8, 4) is 5.75 Å². The highest BCUT2D eigenvalue weighted by atomic mass is 32.1. The lowest BCUT2D eigenvalue weighted by atomic mass is 10.2. The number of fused-ring (bicyclic) bond motifs is 2. The van der Waals surface area contributed by atoms with Gasteiger partial charge in [-0.15, -0.1) is 0 Å². The SMILES string of the molecule is CCOc1ccc2nc(NC(=O)CCCn3c(=O)oc4cc([N+](=O)[O-])ccc43)sc2c1. The van der Waals surface area contributed by atoms with Crippen molar-refractivity contribution >= 4 is 49.4 Å². The summed E-state index contributed by atoms with van der Waals surface area (Å²) in [5, 5.41) is 14.1. The lowest BCUT2D eigenvalue weighted by Crippen LogP contribution is -2.17. The van der Waals surface area contributed by atoms with Gasteiger partial charge < -0.3 is 14.5 Å². The first kappa shape index (κ1) is 20.5. The highest BCUT2D eigenvalue weighted by molar-refractivity contribution is 7.22. The Morgan fingerprint density at radius 2 is 2.16 bits per heavy atom. The van der Waals surface area contributed by atoms with Gasteiger partial charge in [-0.05, 0) is 37.6 Å². The predicted octanol–water partition coefficient (Wildman–Crippen LogP) is 3.93. The summed E-state index contributed by atoms with van der Waals surface area (Å²) >= 11 is 1.36. The van der Waals surface area contributed by atoms with E-state index in [1.807, 2.05) is 25.1 Å². The molecule has 4 aromatic rings. The molecule has 160 valence electrons. The van der Waals surface area contributed by atoms with Crippen LogP contribution in [0.4, 0.5) is 10.8 Å². The van der Waals surface area contributed by atoms with E-state index in [0.717, 1.165) is 16.0 Å². The first-order chi connectivity index (χ1) is 14.9. The topological polar surface area (TPSA) is 130 Å². The molecule has 0 atom stereocenters. The van der Waals surface area contributed by atoms with E-state index in [2.05, 4.69) is 10.3 Å². The van der Waals surface area contributed by atoms with Crippen LogP contribution in [0.3, 0.4) is 0 Å². The number of rotatable bonds is 8. The van der Waals surface area contributed by atoms with E-state index in [9.17, 15) is 19.7 Å². The van der Waals surface area contributed by atoms with E-state index in [-0.39, 0.29) is 30.1 Å². The van der Waals surface area contributed by atoms with E-state index in [1.54, 1.807) is 0 Å². The zero-order chi connectivity index (χ0) is 22.0. The maximum Gasteiger partial charge on any atom is 0.419 e. The van der Waals surface area contributed by atoms with Gasteiger partial charge in [-0.2, -0.15) is 0 Å². The van der Waals surface area contributed by atoms with Gasteiger partial charge in [0.1, 0.15) is 5.75 Å². The molecule has 0 radical (unpaired) electrons. The molecule has 4 rings (SSSR count). The van der Waals surface area contributed by atoms with Crippen LogP contribution in [-0.4, -0.2) is 27.0 Å². The van der Waals surface area contributed by atoms with Crippen LogP contribution in [0.1, 0.15) is 19.8 Å². The number of non-ortho nitro benzene ring substituents is 1. The van der Waals surface area contributed by atoms with Crippen molar-refractivity contribution < 1.29 is 18.9 Å². The number of aryl methyl sites for hydroxylation is 1. The summed E-state index contributed by atoms with van der Waals surface area (Å²) in [5.41, 5.74) is 1.21. The average molecular weight is 442 g/mol. The molecule has 0 bridgehead atoms. The molecule has 31 heavy (non-hydrogen) atoms. The van der Waals surface area contributed by atoms with Crippen LogP contribution >= 0.6 is 11.3 Å². The number of hydrogen-bond donors (Lipinski definition) is 1. The fraction of sp³-hybridized carbons (Fsp3) is 0.250. The van der Waals surface area contributed by atoms with Crippen LogP contribution in [0.25, 0.3) is 21.3 Å². The Kier molecular flexibility index (Phi) is 5.67. The number of oxazole rings is 1. The second-order valence-electron chi connectivity index (χ2n) is 6.66. The number of ether oxygens (including phenoxy) is 1. The zero-order valence-corrected chi connectivity index (χ0v) is 17.3. The van der Waals surface area contributed by atoms with E-state index in [4.69, 9.17) is 9.15 Å². The van der Waals surface area contributed by atoms with Crippen LogP contribution < -0.4 is 15.8 Å². The van der Waals surface area contributed by atoms with Crippen molar-refractivity contribution in [2.24, 2.45) is 0 Å². The molecule has 0 fully saturated rings. The number of amides is 1. The van der Waals surface area contributed by atoms with Gasteiger partial charge in [0.05, 0.1) is 33.3 Å². The van der Waals surface area contributed by atoms with E-state index in [0.29, 0.717) is 23.7 Å². The van der Waals surface area contributed by atoms with Crippen LogP contribution in [-0.2, 0) is 11.3 Å². The van der Waals surface area contributed by atoms with Crippen LogP contribution in [0, 0.1) is 10.1 Å². The number of thiazole rings is 1. The van der Waals surface area contributed by atoms with Gasteiger partial charge in [0.2, 0.25) is 5.91 Å². The lowest BCUT2D eigenvalue weighted by Gasteiger charge is -2.03.